The number of halogens is 8. The highest BCUT2D eigenvalue weighted by Crippen LogP contribution is 2.45. The first-order valence-corrected chi connectivity index (χ1v) is 7.79. The minimum atomic E-state index is -6.48. The van der Waals surface area contributed by atoms with Gasteiger partial charge in [0.2, 0.25) is 0 Å². The second kappa shape index (κ2) is 8.31. The number of rotatable bonds is 7. The molecule has 152 valence electrons. The zero-order valence-corrected chi connectivity index (χ0v) is 15.2. The molecule has 0 heterocycles. The molecule has 1 N–H and O–H groups in total. The Kier molecular flexibility index (Phi) is 7.08. The molecule has 0 aromatic heterocycles. The summed E-state index contributed by atoms with van der Waals surface area (Å²) in [6.45, 7) is 2.83. The molecule has 13 heteroatoms. The van der Waals surface area contributed by atoms with Crippen LogP contribution in [0.5, 0.6) is 11.5 Å². The lowest BCUT2D eigenvalue weighted by molar-refractivity contribution is -0.361. The maximum atomic E-state index is 13.1. The second-order valence-electron chi connectivity index (χ2n) is 4.87. The Balaban J connectivity index is 3.10. The van der Waals surface area contributed by atoms with E-state index in [-0.39, 0.29) is 28.1 Å². The van der Waals surface area contributed by atoms with Crippen molar-refractivity contribution in [1.82, 2.24) is 5.43 Å². The standard InChI is InChI=1S/C14H12BrF7N2O3/c1-3-26-10-5-8(4-9(15)11(10)27-7(2)25)6-23-24-14(21,22)12(16,17)13(18,19)20/h4-6,24H,3H2,1-2H3/b23-6-. The van der Waals surface area contributed by atoms with E-state index >= 15 is 0 Å². The maximum Gasteiger partial charge on any atom is 0.462 e. The normalized spacial score (nSPS) is 13.0. The SMILES string of the molecule is CCOc1cc(/C=N\NC(F)(F)C(F)(F)C(F)(F)F)cc(Br)c1OC(C)=O. The van der Waals surface area contributed by atoms with Gasteiger partial charge in [0.1, 0.15) is 0 Å². The van der Waals surface area contributed by atoms with Crippen LogP contribution in [0.3, 0.4) is 0 Å². The summed E-state index contributed by atoms with van der Waals surface area (Å²) in [6, 6.07) is -3.34. The summed E-state index contributed by atoms with van der Waals surface area (Å²) in [7, 11) is 0. The third-order valence-electron chi connectivity index (χ3n) is 2.75. The van der Waals surface area contributed by atoms with Gasteiger partial charge in [0.25, 0.3) is 0 Å². The number of carbonyl (C=O) groups is 1. The van der Waals surface area contributed by atoms with Crippen molar-refractivity contribution in [3.05, 3.63) is 22.2 Å². The first-order chi connectivity index (χ1) is 12.2. The topological polar surface area (TPSA) is 59.9 Å². The van der Waals surface area contributed by atoms with Crippen molar-refractivity contribution >= 4 is 28.1 Å². The Bertz CT molecular complexity index is 723. The molecular weight excluding hydrogens is 457 g/mol. The molecule has 0 aliphatic rings. The molecule has 0 atom stereocenters. The molecule has 0 spiro atoms. The highest BCUT2D eigenvalue weighted by atomic mass is 79.9. The number of nitrogens with zero attached hydrogens (tertiary/aromatic N) is 1. The molecule has 0 fully saturated rings. The maximum absolute atomic E-state index is 13.1. The summed E-state index contributed by atoms with van der Waals surface area (Å²) in [6.07, 6.45) is -5.92. The molecular formula is C14H12BrF7N2O3. The highest BCUT2D eigenvalue weighted by Gasteiger charge is 2.73. The predicted molar refractivity (Wildman–Crippen MR) is 83.3 cm³/mol. The van der Waals surface area contributed by atoms with E-state index < -0.39 is 24.1 Å². The quantitative estimate of drug-likeness (QED) is 0.160. The van der Waals surface area contributed by atoms with Gasteiger partial charge in [-0.2, -0.15) is 35.8 Å². The van der Waals surface area contributed by atoms with Gasteiger partial charge in [-0.05, 0) is 40.5 Å². The van der Waals surface area contributed by atoms with E-state index in [1.807, 2.05) is 0 Å². The van der Waals surface area contributed by atoms with E-state index in [1.165, 1.54) is 6.07 Å². The minimum absolute atomic E-state index is 0.0177. The van der Waals surface area contributed by atoms with Gasteiger partial charge in [0.15, 0.2) is 11.5 Å². The van der Waals surface area contributed by atoms with Crippen LogP contribution in [0.25, 0.3) is 0 Å². The molecule has 0 saturated carbocycles. The summed E-state index contributed by atoms with van der Waals surface area (Å²) in [4.78, 5) is 11.1. The number of ether oxygens (including phenoxy) is 2. The molecule has 0 amide bonds. The minimum Gasteiger partial charge on any atom is -0.490 e. The lowest BCUT2D eigenvalue weighted by Gasteiger charge is -2.27. The number of carbonyl (C=O) groups excluding carboxylic acids is 1. The fourth-order valence-electron chi connectivity index (χ4n) is 1.60. The lowest BCUT2D eigenvalue weighted by Crippen LogP contribution is -2.58. The molecule has 1 aromatic rings. The fourth-order valence-corrected chi connectivity index (χ4v) is 2.14. The number of hydrazone groups is 1. The summed E-state index contributed by atoms with van der Waals surface area (Å²) in [5.41, 5.74) is 0.469. The van der Waals surface area contributed by atoms with Gasteiger partial charge in [-0.25, -0.2) is 5.43 Å². The van der Waals surface area contributed by atoms with E-state index in [4.69, 9.17) is 9.47 Å². The smallest absolute Gasteiger partial charge is 0.462 e. The summed E-state index contributed by atoms with van der Waals surface area (Å²) >= 11 is 3.03. The lowest BCUT2D eigenvalue weighted by atomic mass is 10.2. The third kappa shape index (κ3) is 5.47. The fraction of sp³-hybridized carbons (Fsp3) is 0.429. The molecule has 27 heavy (non-hydrogen) atoms. The van der Waals surface area contributed by atoms with Gasteiger partial charge in [0.05, 0.1) is 17.3 Å². The zero-order chi connectivity index (χ0) is 21.0. The number of nitrogens with one attached hydrogen (secondary N) is 1. The van der Waals surface area contributed by atoms with Gasteiger partial charge in [-0.15, -0.1) is 0 Å². The molecule has 1 aromatic carbocycles. The third-order valence-corrected chi connectivity index (χ3v) is 3.34. The number of esters is 1. The van der Waals surface area contributed by atoms with Crippen molar-refractivity contribution < 1.29 is 45.0 Å². The van der Waals surface area contributed by atoms with Gasteiger partial charge in [-0.1, -0.05) is 0 Å². The van der Waals surface area contributed by atoms with Gasteiger partial charge >= 0.3 is 24.1 Å². The van der Waals surface area contributed by atoms with Crippen LogP contribution in [0.2, 0.25) is 0 Å². The van der Waals surface area contributed by atoms with Crippen LogP contribution in [-0.4, -0.2) is 36.9 Å². The van der Waals surface area contributed by atoms with Crippen molar-refractivity contribution in [2.75, 3.05) is 6.61 Å². The van der Waals surface area contributed by atoms with Crippen LogP contribution >= 0.6 is 15.9 Å². The average Bonchev–Trinajstić information content (AvgIpc) is 2.49. The van der Waals surface area contributed by atoms with E-state index in [1.54, 1.807) is 6.92 Å². The Morgan fingerprint density at radius 3 is 2.30 bits per heavy atom. The van der Waals surface area contributed by atoms with Crippen LogP contribution in [0, 0.1) is 0 Å². The Hall–Kier alpha value is -2.05. The van der Waals surface area contributed by atoms with Crippen LogP contribution in [0.4, 0.5) is 30.7 Å². The summed E-state index contributed by atoms with van der Waals surface area (Å²) < 4.78 is 98.0. The second-order valence-corrected chi connectivity index (χ2v) is 5.73. The number of alkyl halides is 7. The largest absolute Gasteiger partial charge is 0.490 e. The van der Waals surface area contributed by atoms with Crippen molar-refractivity contribution in [3.8, 4) is 11.5 Å². The molecule has 1 rings (SSSR count). The van der Waals surface area contributed by atoms with Gasteiger partial charge in [0, 0.05) is 6.92 Å². The van der Waals surface area contributed by atoms with Crippen molar-refractivity contribution in [3.63, 3.8) is 0 Å². The van der Waals surface area contributed by atoms with Crippen molar-refractivity contribution in [2.45, 2.75) is 32.0 Å². The average molecular weight is 469 g/mol. The van der Waals surface area contributed by atoms with Crippen LogP contribution in [0.1, 0.15) is 19.4 Å². The van der Waals surface area contributed by atoms with Crippen molar-refractivity contribution in [1.29, 1.82) is 0 Å². The van der Waals surface area contributed by atoms with E-state index in [0.717, 1.165) is 13.0 Å². The monoisotopic (exact) mass is 468 g/mol. The van der Waals surface area contributed by atoms with Crippen LogP contribution in [-0.2, 0) is 4.79 Å². The van der Waals surface area contributed by atoms with E-state index in [2.05, 4.69) is 21.0 Å². The number of hydrogen-bond acceptors (Lipinski definition) is 5. The molecule has 5 nitrogen and oxygen atoms in total. The van der Waals surface area contributed by atoms with E-state index in [9.17, 15) is 35.5 Å². The molecule has 0 radical (unpaired) electrons. The molecule has 0 aliphatic carbocycles. The summed E-state index contributed by atoms with van der Waals surface area (Å²) in [5.74, 6) is -7.08. The first kappa shape index (κ1) is 23.0. The summed E-state index contributed by atoms with van der Waals surface area (Å²) in [5, 5.41) is 2.74. The first-order valence-electron chi connectivity index (χ1n) is 7.00. The Labute approximate surface area is 156 Å². The highest BCUT2D eigenvalue weighted by molar-refractivity contribution is 9.10. The number of hydrogen-bond donors (Lipinski definition) is 1. The van der Waals surface area contributed by atoms with Crippen LogP contribution < -0.4 is 14.9 Å². The zero-order valence-electron chi connectivity index (χ0n) is 13.6. The molecule has 0 aliphatic heterocycles. The van der Waals surface area contributed by atoms with Gasteiger partial charge < -0.3 is 9.47 Å². The van der Waals surface area contributed by atoms with Crippen LogP contribution in [0.15, 0.2) is 21.7 Å². The predicted octanol–water partition coefficient (Wildman–Crippen LogP) is 4.49. The van der Waals surface area contributed by atoms with E-state index in [0.29, 0.717) is 11.6 Å². The van der Waals surface area contributed by atoms with Gasteiger partial charge in [-0.3, -0.25) is 4.79 Å². The molecule has 0 unspecified atom stereocenters. The number of benzene rings is 1. The van der Waals surface area contributed by atoms with Crippen molar-refractivity contribution in [2.24, 2.45) is 5.10 Å². The molecule has 0 bridgehead atoms. The Morgan fingerprint density at radius 1 is 1.22 bits per heavy atom. The molecule has 0 saturated heterocycles. The Morgan fingerprint density at radius 2 is 1.81 bits per heavy atom.